The molecule has 1 saturated heterocycles. The Balaban J connectivity index is 2.05. The van der Waals surface area contributed by atoms with Gasteiger partial charge < -0.3 is 20.9 Å². The lowest BCUT2D eigenvalue weighted by Gasteiger charge is -2.22. The summed E-state index contributed by atoms with van der Waals surface area (Å²) in [5, 5.41) is 11.8. The van der Waals surface area contributed by atoms with E-state index in [4.69, 9.17) is 15.6 Å². The van der Waals surface area contributed by atoms with Gasteiger partial charge in [-0.1, -0.05) is 0 Å². The van der Waals surface area contributed by atoms with Crippen molar-refractivity contribution in [3.05, 3.63) is 0 Å². The number of nitrogens with one attached hydrogen (secondary N) is 1. The third kappa shape index (κ3) is 4.04. The Morgan fingerprint density at radius 1 is 1.71 bits per heavy atom. The Morgan fingerprint density at radius 3 is 3.07 bits per heavy atom. The van der Waals surface area contributed by atoms with Crippen LogP contribution in [0.15, 0.2) is 0 Å². The molecule has 0 aromatic carbocycles. The minimum absolute atomic E-state index is 0.103. The maximum Gasteiger partial charge on any atom is 0.322 e. The average molecular weight is 202 g/mol. The van der Waals surface area contributed by atoms with E-state index < -0.39 is 12.0 Å². The molecule has 0 bridgehead atoms. The SMILES string of the molecule is NC(COCC1CCCNC1)C(=O)O. The van der Waals surface area contributed by atoms with Crippen LogP contribution >= 0.6 is 0 Å². The summed E-state index contributed by atoms with van der Waals surface area (Å²) in [6.45, 7) is 2.74. The molecule has 0 radical (unpaired) electrons. The molecule has 5 heteroatoms. The highest BCUT2D eigenvalue weighted by molar-refractivity contribution is 5.73. The van der Waals surface area contributed by atoms with Crippen LogP contribution in [0.3, 0.4) is 0 Å². The van der Waals surface area contributed by atoms with E-state index in [-0.39, 0.29) is 6.61 Å². The van der Waals surface area contributed by atoms with Crippen molar-refractivity contribution in [1.82, 2.24) is 5.32 Å². The zero-order valence-corrected chi connectivity index (χ0v) is 8.24. The van der Waals surface area contributed by atoms with E-state index in [0.29, 0.717) is 12.5 Å². The van der Waals surface area contributed by atoms with Gasteiger partial charge in [0.05, 0.1) is 13.2 Å². The third-order valence-electron chi connectivity index (χ3n) is 2.37. The lowest BCUT2D eigenvalue weighted by atomic mass is 10.0. The van der Waals surface area contributed by atoms with Crippen molar-refractivity contribution < 1.29 is 14.6 Å². The van der Waals surface area contributed by atoms with Gasteiger partial charge in [-0.15, -0.1) is 0 Å². The minimum Gasteiger partial charge on any atom is -0.480 e. The first-order chi connectivity index (χ1) is 6.70. The second-order valence-electron chi connectivity index (χ2n) is 3.69. The molecule has 1 heterocycles. The number of hydrogen-bond donors (Lipinski definition) is 3. The fourth-order valence-electron chi connectivity index (χ4n) is 1.50. The molecule has 0 aromatic rings. The van der Waals surface area contributed by atoms with Crippen molar-refractivity contribution in [1.29, 1.82) is 0 Å². The Hall–Kier alpha value is -0.650. The lowest BCUT2D eigenvalue weighted by Crippen LogP contribution is -2.37. The Bertz CT molecular complexity index is 181. The molecule has 1 aliphatic heterocycles. The van der Waals surface area contributed by atoms with E-state index in [9.17, 15) is 4.79 Å². The van der Waals surface area contributed by atoms with Crippen LogP contribution in [0, 0.1) is 5.92 Å². The first-order valence-corrected chi connectivity index (χ1v) is 4.97. The van der Waals surface area contributed by atoms with Gasteiger partial charge in [0.2, 0.25) is 0 Å². The van der Waals surface area contributed by atoms with Crippen LogP contribution in [0.25, 0.3) is 0 Å². The van der Waals surface area contributed by atoms with Gasteiger partial charge in [-0.25, -0.2) is 0 Å². The van der Waals surface area contributed by atoms with Crippen LogP contribution < -0.4 is 11.1 Å². The summed E-state index contributed by atoms with van der Waals surface area (Å²) < 4.78 is 5.25. The minimum atomic E-state index is -1.01. The molecule has 0 aliphatic carbocycles. The quantitative estimate of drug-likeness (QED) is 0.555. The first-order valence-electron chi connectivity index (χ1n) is 4.97. The van der Waals surface area contributed by atoms with Crippen LogP contribution in [0.4, 0.5) is 0 Å². The van der Waals surface area contributed by atoms with Crippen molar-refractivity contribution in [2.45, 2.75) is 18.9 Å². The molecule has 0 amide bonds. The zero-order valence-electron chi connectivity index (χ0n) is 8.24. The van der Waals surface area contributed by atoms with Gasteiger partial charge in [0.15, 0.2) is 0 Å². The monoisotopic (exact) mass is 202 g/mol. The molecule has 1 fully saturated rings. The van der Waals surface area contributed by atoms with Gasteiger partial charge in [0, 0.05) is 6.54 Å². The number of hydrogen-bond acceptors (Lipinski definition) is 4. The van der Waals surface area contributed by atoms with E-state index in [1.165, 1.54) is 6.42 Å². The van der Waals surface area contributed by atoms with Crippen LogP contribution in [0.1, 0.15) is 12.8 Å². The fraction of sp³-hybridized carbons (Fsp3) is 0.889. The van der Waals surface area contributed by atoms with Gasteiger partial charge in [0.25, 0.3) is 0 Å². The summed E-state index contributed by atoms with van der Waals surface area (Å²) in [5.41, 5.74) is 5.29. The summed E-state index contributed by atoms with van der Waals surface area (Å²) in [6.07, 6.45) is 2.31. The topological polar surface area (TPSA) is 84.6 Å². The number of carbonyl (C=O) groups is 1. The van der Waals surface area contributed by atoms with E-state index >= 15 is 0 Å². The predicted molar refractivity (Wildman–Crippen MR) is 52.0 cm³/mol. The molecule has 82 valence electrons. The molecule has 14 heavy (non-hydrogen) atoms. The molecule has 4 N–H and O–H groups in total. The second kappa shape index (κ2) is 5.95. The van der Waals surface area contributed by atoms with Crippen molar-refractivity contribution >= 4 is 5.97 Å². The molecule has 0 spiro atoms. The van der Waals surface area contributed by atoms with E-state index in [2.05, 4.69) is 5.32 Å². The molecule has 1 rings (SSSR count). The number of piperidine rings is 1. The number of carboxylic acid groups (broad SMARTS) is 1. The highest BCUT2D eigenvalue weighted by Crippen LogP contribution is 2.09. The van der Waals surface area contributed by atoms with Gasteiger partial charge in [-0.2, -0.15) is 0 Å². The van der Waals surface area contributed by atoms with Crippen molar-refractivity contribution in [2.75, 3.05) is 26.3 Å². The van der Waals surface area contributed by atoms with Crippen LogP contribution in [0.2, 0.25) is 0 Å². The fourth-order valence-corrected chi connectivity index (χ4v) is 1.50. The van der Waals surface area contributed by atoms with Crippen LogP contribution in [-0.4, -0.2) is 43.4 Å². The van der Waals surface area contributed by atoms with Gasteiger partial charge >= 0.3 is 5.97 Å². The normalized spacial score (nSPS) is 24.5. The molecule has 0 aromatic heterocycles. The molecule has 0 saturated carbocycles. The summed E-state index contributed by atoms with van der Waals surface area (Å²) >= 11 is 0. The number of carboxylic acids is 1. The second-order valence-corrected chi connectivity index (χ2v) is 3.69. The first kappa shape index (κ1) is 11.4. The highest BCUT2D eigenvalue weighted by Gasteiger charge is 2.15. The molecular formula is C9H18N2O3. The molecule has 2 atom stereocenters. The lowest BCUT2D eigenvalue weighted by molar-refractivity contribution is -0.140. The Labute approximate surface area is 83.6 Å². The van der Waals surface area contributed by atoms with E-state index in [0.717, 1.165) is 19.5 Å². The number of nitrogens with two attached hydrogens (primary N) is 1. The van der Waals surface area contributed by atoms with Gasteiger partial charge in [0.1, 0.15) is 6.04 Å². The summed E-state index contributed by atoms with van der Waals surface area (Å²) in [6, 6.07) is -0.897. The zero-order chi connectivity index (χ0) is 10.4. The van der Waals surface area contributed by atoms with Crippen LogP contribution in [-0.2, 0) is 9.53 Å². The van der Waals surface area contributed by atoms with Crippen molar-refractivity contribution in [2.24, 2.45) is 11.7 Å². The van der Waals surface area contributed by atoms with Crippen molar-refractivity contribution in [3.8, 4) is 0 Å². The standard InChI is InChI=1S/C9H18N2O3/c10-8(9(12)13)6-14-5-7-2-1-3-11-4-7/h7-8,11H,1-6,10H2,(H,12,13). The molecule has 5 nitrogen and oxygen atoms in total. The number of aliphatic carboxylic acids is 1. The predicted octanol–water partition coefficient (Wildman–Crippen LogP) is -0.585. The molecule has 1 aliphatic rings. The van der Waals surface area contributed by atoms with Gasteiger partial charge in [-0.05, 0) is 25.3 Å². The Kier molecular flexibility index (Phi) is 4.86. The third-order valence-corrected chi connectivity index (χ3v) is 2.37. The number of ether oxygens (including phenoxy) is 1. The maximum absolute atomic E-state index is 10.4. The smallest absolute Gasteiger partial charge is 0.322 e. The molecule has 2 unspecified atom stereocenters. The summed E-state index contributed by atoms with van der Waals surface area (Å²) in [5.74, 6) is -0.503. The Morgan fingerprint density at radius 2 is 2.50 bits per heavy atom. The maximum atomic E-state index is 10.4. The van der Waals surface area contributed by atoms with E-state index in [1.54, 1.807) is 0 Å². The highest BCUT2D eigenvalue weighted by atomic mass is 16.5. The molecular weight excluding hydrogens is 184 g/mol. The summed E-state index contributed by atoms with van der Waals surface area (Å²) in [7, 11) is 0. The average Bonchev–Trinajstić information content (AvgIpc) is 2.19. The largest absolute Gasteiger partial charge is 0.480 e. The van der Waals surface area contributed by atoms with Crippen molar-refractivity contribution in [3.63, 3.8) is 0 Å². The van der Waals surface area contributed by atoms with E-state index in [1.807, 2.05) is 0 Å². The van der Waals surface area contributed by atoms with Gasteiger partial charge in [-0.3, -0.25) is 4.79 Å². The number of rotatable bonds is 5. The van der Waals surface area contributed by atoms with Crippen LogP contribution in [0.5, 0.6) is 0 Å². The summed E-state index contributed by atoms with van der Waals surface area (Å²) in [4.78, 5) is 10.4.